The number of hydrogen-bond acceptors (Lipinski definition) is 5. The van der Waals surface area contributed by atoms with Crippen molar-refractivity contribution in [3.05, 3.63) is 70.8 Å². The van der Waals surface area contributed by atoms with E-state index in [0.29, 0.717) is 44.9 Å². The SMILES string of the molecule is CCO[Si](C)(CC(C)c1ccc(C(C)Cl)cc1)OCC(C)CO[Si]1(CC(C)c2ccc(C(C)Cl)cc2)OCC(C)CO1. The molecule has 1 fully saturated rings. The molecule has 0 spiro atoms. The predicted molar refractivity (Wildman–Crippen MR) is 179 cm³/mol. The molecule has 0 bridgehead atoms. The fraction of sp³-hybridized carbons (Fsp3) is 0.636. The Morgan fingerprint density at radius 2 is 1.26 bits per heavy atom. The maximum Gasteiger partial charge on any atom is 0.501 e. The normalized spacial score (nSPS) is 24.4. The molecule has 6 unspecified atom stereocenters. The van der Waals surface area contributed by atoms with Gasteiger partial charge in [-0.15, -0.1) is 23.2 Å². The summed E-state index contributed by atoms with van der Waals surface area (Å²) in [5.41, 5.74) is 4.79. The van der Waals surface area contributed by atoms with E-state index >= 15 is 0 Å². The van der Waals surface area contributed by atoms with Gasteiger partial charge in [0, 0.05) is 50.9 Å². The van der Waals surface area contributed by atoms with Crippen molar-refractivity contribution in [3.63, 3.8) is 0 Å². The van der Waals surface area contributed by atoms with E-state index in [1.807, 2.05) is 20.8 Å². The molecule has 9 heteroatoms. The van der Waals surface area contributed by atoms with Crippen LogP contribution in [0.2, 0.25) is 18.6 Å². The van der Waals surface area contributed by atoms with E-state index < -0.39 is 17.4 Å². The van der Waals surface area contributed by atoms with Gasteiger partial charge in [0.05, 0.1) is 10.8 Å². The van der Waals surface area contributed by atoms with Gasteiger partial charge in [-0.3, -0.25) is 0 Å². The van der Waals surface area contributed by atoms with Crippen molar-refractivity contribution in [2.24, 2.45) is 11.8 Å². The highest BCUT2D eigenvalue weighted by Crippen LogP contribution is 2.34. The lowest BCUT2D eigenvalue weighted by Crippen LogP contribution is -2.53. The first-order valence-corrected chi connectivity index (χ1v) is 20.9. The van der Waals surface area contributed by atoms with Gasteiger partial charge < -0.3 is 22.1 Å². The molecule has 0 amide bonds. The molecule has 1 aliphatic rings. The van der Waals surface area contributed by atoms with Crippen LogP contribution in [0, 0.1) is 11.8 Å². The fourth-order valence-electron chi connectivity index (χ4n) is 5.34. The molecule has 5 nitrogen and oxygen atoms in total. The molecule has 0 N–H and O–H groups in total. The highest BCUT2D eigenvalue weighted by Gasteiger charge is 2.46. The molecule has 236 valence electrons. The smallest absolute Gasteiger partial charge is 0.395 e. The molecule has 2 aromatic rings. The largest absolute Gasteiger partial charge is 0.501 e. The molecule has 0 radical (unpaired) electrons. The van der Waals surface area contributed by atoms with Crippen LogP contribution in [0.1, 0.15) is 93.3 Å². The second kappa shape index (κ2) is 16.5. The average molecular weight is 656 g/mol. The Labute approximate surface area is 267 Å². The highest BCUT2D eigenvalue weighted by molar-refractivity contribution is 6.66. The minimum absolute atomic E-state index is 0.00368. The van der Waals surface area contributed by atoms with Crippen LogP contribution in [-0.4, -0.2) is 50.4 Å². The summed E-state index contributed by atoms with van der Waals surface area (Å²) < 4.78 is 32.3. The number of alkyl halides is 2. The van der Waals surface area contributed by atoms with E-state index in [4.69, 9.17) is 45.3 Å². The fourth-order valence-corrected chi connectivity index (χ4v) is 11.7. The first-order valence-electron chi connectivity index (χ1n) is 15.5. The number of hydrogen-bond donors (Lipinski definition) is 0. The van der Waals surface area contributed by atoms with Gasteiger partial charge in [-0.2, -0.15) is 0 Å². The molecule has 0 aliphatic carbocycles. The zero-order chi connectivity index (χ0) is 30.9. The van der Waals surface area contributed by atoms with Crippen LogP contribution in [0.4, 0.5) is 0 Å². The van der Waals surface area contributed by atoms with Gasteiger partial charge in [-0.25, -0.2) is 0 Å². The monoisotopic (exact) mass is 654 g/mol. The van der Waals surface area contributed by atoms with Gasteiger partial charge in [0.2, 0.25) is 0 Å². The Bertz CT molecular complexity index is 1060. The summed E-state index contributed by atoms with van der Waals surface area (Å²) in [6, 6.07) is 18.8. The van der Waals surface area contributed by atoms with Crippen molar-refractivity contribution in [1.29, 1.82) is 0 Å². The Kier molecular flexibility index (Phi) is 14.1. The second-order valence-electron chi connectivity index (χ2n) is 12.5. The first-order chi connectivity index (χ1) is 19.8. The number of benzene rings is 2. The summed E-state index contributed by atoms with van der Waals surface area (Å²) in [7, 11) is -5.27. The third-order valence-electron chi connectivity index (χ3n) is 8.05. The summed E-state index contributed by atoms with van der Waals surface area (Å²) in [5, 5.41) is 0.00487. The van der Waals surface area contributed by atoms with Gasteiger partial charge in [0.25, 0.3) is 0 Å². The van der Waals surface area contributed by atoms with Crippen molar-refractivity contribution in [2.75, 3.05) is 33.0 Å². The summed E-state index contributed by atoms with van der Waals surface area (Å²) in [6.07, 6.45) is 0. The van der Waals surface area contributed by atoms with Gasteiger partial charge in [-0.05, 0) is 67.5 Å². The lowest BCUT2D eigenvalue weighted by Gasteiger charge is -2.38. The third kappa shape index (κ3) is 10.7. The predicted octanol–water partition coefficient (Wildman–Crippen LogP) is 9.59. The van der Waals surface area contributed by atoms with E-state index in [0.717, 1.165) is 23.2 Å². The van der Waals surface area contributed by atoms with Crippen LogP contribution in [0.5, 0.6) is 0 Å². The Morgan fingerprint density at radius 1 is 0.786 bits per heavy atom. The van der Waals surface area contributed by atoms with Crippen molar-refractivity contribution in [3.8, 4) is 0 Å². The van der Waals surface area contributed by atoms with Gasteiger partial charge in [-0.1, -0.05) is 76.2 Å². The van der Waals surface area contributed by atoms with Gasteiger partial charge in [0.15, 0.2) is 0 Å². The lowest BCUT2D eigenvalue weighted by molar-refractivity contribution is -0.0142. The molecular weight excluding hydrogens is 603 g/mol. The van der Waals surface area contributed by atoms with Crippen molar-refractivity contribution in [1.82, 2.24) is 0 Å². The summed E-state index contributed by atoms with van der Waals surface area (Å²) in [5.74, 6) is 1.11. The lowest BCUT2D eigenvalue weighted by atomic mass is 10.0. The van der Waals surface area contributed by atoms with Crippen LogP contribution in [-0.2, 0) is 22.1 Å². The quantitative estimate of drug-likeness (QED) is 0.133. The van der Waals surface area contributed by atoms with E-state index in [2.05, 4.69) is 82.8 Å². The van der Waals surface area contributed by atoms with Crippen LogP contribution in [0.25, 0.3) is 0 Å². The number of halogens is 2. The maximum atomic E-state index is 6.60. The van der Waals surface area contributed by atoms with Gasteiger partial charge >= 0.3 is 17.4 Å². The average Bonchev–Trinajstić information content (AvgIpc) is 2.96. The van der Waals surface area contributed by atoms with Crippen LogP contribution in [0.15, 0.2) is 48.5 Å². The van der Waals surface area contributed by atoms with E-state index in [1.54, 1.807) is 0 Å². The second-order valence-corrected chi connectivity index (χ2v) is 19.7. The molecule has 1 saturated heterocycles. The van der Waals surface area contributed by atoms with Crippen LogP contribution >= 0.6 is 23.2 Å². The molecule has 6 atom stereocenters. The molecule has 1 aliphatic heterocycles. The Hall–Kier alpha value is -0.746. The van der Waals surface area contributed by atoms with Crippen molar-refractivity contribution in [2.45, 2.75) is 89.7 Å². The zero-order valence-electron chi connectivity index (χ0n) is 26.8. The minimum atomic E-state index is -2.85. The van der Waals surface area contributed by atoms with Crippen molar-refractivity contribution < 1.29 is 22.1 Å². The molecule has 0 saturated carbocycles. The Balaban J connectivity index is 1.59. The molecule has 2 aromatic carbocycles. The standard InChI is InChI=1S/C33H52Cl2O5Si2/c1-9-36-41(8,22-26(4)30-10-14-32(15-11-30)28(6)34)37-18-24(2)19-38-42(39-20-25(3)21-40-42)23-27(5)31-12-16-33(17-13-31)29(7)35/h10-17,24-29H,9,18-23H2,1-8H3. The molecule has 0 aromatic heterocycles. The van der Waals surface area contributed by atoms with Crippen LogP contribution in [0.3, 0.4) is 0 Å². The molecule has 42 heavy (non-hydrogen) atoms. The van der Waals surface area contributed by atoms with Gasteiger partial charge in [0.1, 0.15) is 0 Å². The first kappa shape index (κ1) is 35.7. The zero-order valence-corrected chi connectivity index (χ0v) is 30.3. The highest BCUT2D eigenvalue weighted by atomic mass is 35.5. The Morgan fingerprint density at radius 3 is 1.74 bits per heavy atom. The van der Waals surface area contributed by atoms with E-state index in [1.165, 1.54) is 11.1 Å². The maximum absolute atomic E-state index is 6.60. The van der Waals surface area contributed by atoms with Crippen molar-refractivity contribution >= 4 is 40.6 Å². The summed E-state index contributed by atoms with van der Waals surface area (Å²) >= 11 is 12.5. The summed E-state index contributed by atoms with van der Waals surface area (Å²) in [6.45, 7) is 20.1. The topological polar surface area (TPSA) is 46.2 Å². The van der Waals surface area contributed by atoms with E-state index in [-0.39, 0.29) is 22.6 Å². The third-order valence-corrected chi connectivity index (χ3v) is 14.5. The molecule has 1 heterocycles. The number of rotatable bonds is 16. The van der Waals surface area contributed by atoms with E-state index in [9.17, 15) is 0 Å². The minimum Gasteiger partial charge on any atom is -0.395 e. The summed E-state index contributed by atoms with van der Waals surface area (Å²) in [4.78, 5) is 0. The molecule has 3 rings (SSSR count). The van der Waals surface area contributed by atoms with Crippen LogP contribution < -0.4 is 0 Å². The molecular formula is C33H52Cl2O5Si2.